The highest BCUT2D eigenvalue weighted by Gasteiger charge is 2.21. The highest BCUT2D eigenvalue weighted by atomic mass is 19.1. The number of rotatable bonds is 4. The van der Waals surface area contributed by atoms with Gasteiger partial charge in [-0.2, -0.15) is 5.10 Å². The zero-order chi connectivity index (χ0) is 21.5. The van der Waals surface area contributed by atoms with Gasteiger partial charge in [0.25, 0.3) is 5.56 Å². The van der Waals surface area contributed by atoms with Gasteiger partial charge in [0.2, 0.25) is 0 Å². The van der Waals surface area contributed by atoms with Crippen molar-refractivity contribution < 1.29 is 4.39 Å². The smallest absolute Gasteiger partial charge is 0.251 e. The number of piperazine rings is 1. The minimum Gasteiger partial charge on any atom is -0.367 e. The lowest BCUT2D eigenvalue weighted by atomic mass is 10.1. The second-order valence-corrected chi connectivity index (χ2v) is 8.15. The van der Waals surface area contributed by atoms with Crippen molar-refractivity contribution in [2.24, 2.45) is 7.05 Å². The first-order chi connectivity index (χ1) is 15.0. The molecule has 7 nitrogen and oxygen atoms in total. The molecule has 1 fully saturated rings. The van der Waals surface area contributed by atoms with Crippen LogP contribution in [0.1, 0.15) is 18.1 Å². The summed E-state index contributed by atoms with van der Waals surface area (Å²) in [5.41, 5.74) is 4.78. The maximum atomic E-state index is 14.7. The van der Waals surface area contributed by atoms with Crippen molar-refractivity contribution in [2.45, 2.75) is 19.9 Å². The Labute approximate surface area is 179 Å². The Morgan fingerprint density at radius 3 is 2.68 bits per heavy atom. The number of hydrogen-bond donors (Lipinski definition) is 1. The Kier molecular flexibility index (Phi) is 4.94. The molecule has 1 aliphatic heterocycles. The maximum absolute atomic E-state index is 14.7. The van der Waals surface area contributed by atoms with Gasteiger partial charge >= 0.3 is 0 Å². The zero-order valence-electron chi connectivity index (χ0n) is 17.7. The molecule has 0 amide bonds. The highest BCUT2D eigenvalue weighted by molar-refractivity contribution is 5.83. The molecule has 0 unspecified atom stereocenters. The standard InChI is InChI=1S/C23H25FN6O/c1-3-16-9-19-20(27-23(16)31)8-15(12-25-19)14-29-4-6-30(7-5-29)22-10-17-13-26-28(2)21(17)11-18(22)24/h8-13H,3-7,14H2,1-2H3,(H,27,31). The van der Waals surface area contributed by atoms with Crippen molar-refractivity contribution in [1.29, 1.82) is 0 Å². The second kappa shape index (κ2) is 7.77. The molecule has 0 atom stereocenters. The Hall–Kier alpha value is -3.26. The Morgan fingerprint density at radius 1 is 1.10 bits per heavy atom. The first kappa shape index (κ1) is 19.7. The van der Waals surface area contributed by atoms with Crippen LogP contribution in [0, 0.1) is 5.82 Å². The molecule has 0 bridgehead atoms. The van der Waals surface area contributed by atoms with Crippen LogP contribution >= 0.6 is 0 Å². The number of aromatic nitrogens is 4. The van der Waals surface area contributed by atoms with E-state index in [1.54, 1.807) is 16.9 Å². The summed E-state index contributed by atoms with van der Waals surface area (Å²) in [5.74, 6) is -0.210. The van der Waals surface area contributed by atoms with E-state index in [0.29, 0.717) is 12.1 Å². The molecule has 1 N–H and O–H groups in total. The van der Waals surface area contributed by atoms with Crippen LogP contribution in [0.2, 0.25) is 0 Å². The van der Waals surface area contributed by atoms with E-state index in [-0.39, 0.29) is 11.4 Å². The van der Waals surface area contributed by atoms with Gasteiger partial charge in [0.1, 0.15) is 5.82 Å². The Bertz CT molecular complexity index is 1320. The quantitative estimate of drug-likeness (QED) is 0.550. The number of pyridine rings is 2. The van der Waals surface area contributed by atoms with Crippen LogP contribution in [0.4, 0.5) is 10.1 Å². The Balaban J connectivity index is 1.29. The van der Waals surface area contributed by atoms with Crippen molar-refractivity contribution in [3.05, 3.63) is 64.0 Å². The van der Waals surface area contributed by atoms with E-state index in [1.807, 2.05) is 38.4 Å². The lowest BCUT2D eigenvalue weighted by molar-refractivity contribution is 0.249. The summed E-state index contributed by atoms with van der Waals surface area (Å²) in [6, 6.07) is 7.33. The van der Waals surface area contributed by atoms with Crippen LogP contribution in [0.5, 0.6) is 0 Å². The van der Waals surface area contributed by atoms with Crippen LogP contribution in [0.25, 0.3) is 21.9 Å². The number of halogens is 1. The molecule has 0 radical (unpaired) electrons. The van der Waals surface area contributed by atoms with Gasteiger partial charge in [0, 0.05) is 63.0 Å². The highest BCUT2D eigenvalue weighted by Crippen LogP contribution is 2.27. The van der Waals surface area contributed by atoms with Crippen LogP contribution in [-0.4, -0.2) is 50.8 Å². The fraction of sp³-hybridized carbons (Fsp3) is 0.348. The van der Waals surface area contributed by atoms with Gasteiger partial charge in [-0.25, -0.2) is 4.39 Å². The summed E-state index contributed by atoms with van der Waals surface area (Å²) in [5, 5.41) is 5.16. The molecule has 4 aromatic rings. The van der Waals surface area contributed by atoms with Gasteiger partial charge in [0.05, 0.1) is 28.4 Å². The molecule has 3 aromatic heterocycles. The molecule has 31 heavy (non-hydrogen) atoms. The van der Waals surface area contributed by atoms with Crippen molar-refractivity contribution in [3.8, 4) is 0 Å². The molecular formula is C23H25FN6O. The zero-order valence-corrected chi connectivity index (χ0v) is 17.7. The monoisotopic (exact) mass is 420 g/mol. The maximum Gasteiger partial charge on any atom is 0.251 e. The minimum absolute atomic E-state index is 0.0461. The topological polar surface area (TPSA) is 70.1 Å². The van der Waals surface area contributed by atoms with Gasteiger partial charge in [-0.3, -0.25) is 19.4 Å². The number of nitrogens with zero attached hydrogens (tertiary/aromatic N) is 5. The number of benzene rings is 1. The Morgan fingerprint density at radius 2 is 1.90 bits per heavy atom. The molecule has 5 rings (SSSR count). The van der Waals surface area contributed by atoms with E-state index in [4.69, 9.17) is 0 Å². The molecule has 160 valence electrons. The van der Waals surface area contributed by atoms with Gasteiger partial charge < -0.3 is 9.88 Å². The number of anilines is 1. The van der Waals surface area contributed by atoms with E-state index in [0.717, 1.165) is 65.8 Å². The van der Waals surface area contributed by atoms with Crippen LogP contribution < -0.4 is 10.5 Å². The van der Waals surface area contributed by atoms with E-state index >= 15 is 0 Å². The summed E-state index contributed by atoms with van der Waals surface area (Å²) in [4.78, 5) is 24.0. The van der Waals surface area contributed by atoms with Gasteiger partial charge in [-0.05, 0) is 30.2 Å². The van der Waals surface area contributed by atoms with E-state index in [1.165, 1.54) is 0 Å². The fourth-order valence-electron chi connectivity index (χ4n) is 4.33. The number of aromatic amines is 1. The number of nitrogens with one attached hydrogen (secondary N) is 1. The molecule has 1 saturated heterocycles. The molecule has 8 heteroatoms. The summed E-state index contributed by atoms with van der Waals surface area (Å²) in [7, 11) is 1.82. The number of aryl methyl sites for hydroxylation is 2. The summed E-state index contributed by atoms with van der Waals surface area (Å²) < 4.78 is 16.4. The van der Waals surface area contributed by atoms with Crippen LogP contribution in [0.3, 0.4) is 0 Å². The first-order valence-corrected chi connectivity index (χ1v) is 10.6. The predicted octanol–water partition coefficient (Wildman–Crippen LogP) is 2.83. The predicted molar refractivity (Wildman–Crippen MR) is 120 cm³/mol. The van der Waals surface area contributed by atoms with E-state index in [2.05, 4.69) is 24.9 Å². The SMILES string of the molecule is CCc1cc2ncc(CN3CCN(c4cc5cnn(C)c5cc4F)CC3)cc2[nH]c1=O. The lowest BCUT2D eigenvalue weighted by Gasteiger charge is -2.36. The third-order valence-corrected chi connectivity index (χ3v) is 6.14. The molecule has 0 saturated carbocycles. The largest absolute Gasteiger partial charge is 0.367 e. The normalized spacial score (nSPS) is 15.3. The molecule has 4 heterocycles. The first-order valence-electron chi connectivity index (χ1n) is 10.6. The van der Waals surface area contributed by atoms with E-state index in [9.17, 15) is 9.18 Å². The molecule has 1 aliphatic rings. The molecule has 0 aliphatic carbocycles. The van der Waals surface area contributed by atoms with Gasteiger partial charge in [-0.15, -0.1) is 0 Å². The average Bonchev–Trinajstić information content (AvgIpc) is 3.13. The van der Waals surface area contributed by atoms with E-state index < -0.39 is 0 Å². The molecular weight excluding hydrogens is 395 g/mol. The summed E-state index contributed by atoms with van der Waals surface area (Å²) in [6.45, 7) is 5.87. The van der Waals surface area contributed by atoms with Crippen molar-refractivity contribution in [1.82, 2.24) is 24.6 Å². The number of fused-ring (bicyclic) bond motifs is 2. The molecule has 1 aromatic carbocycles. The van der Waals surface area contributed by atoms with Crippen LogP contribution in [0.15, 0.2) is 41.5 Å². The average molecular weight is 420 g/mol. The molecule has 0 spiro atoms. The van der Waals surface area contributed by atoms with Crippen molar-refractivity contribution in [2.75, 3.05) is 31.1 Å². The second-order valence-electron chi connectivity index (χ2n) is 8.15. The number of H-pyrrole nitrogens is 1. The number of hydrogen-bond acceptors (Lipinski definition) is 5. The fourth-order valence-corrected chi connectivity index (χ4v) is 4.33. The minimum atomic E-state index is -0.210. The lowest BCUT2D eigenvalue weighted by Crippen LogP contribution is -2.46. The van der Waals surface area contributed by atoms with Crippen molar-refractivity contribution in [3.63, 3.8) is 0 Å². The third-order valence-electron chi connectivity index (χ3n) is 6.14. The van der Waals surface area contributed by atoms with Crippen LogP contribution in [-0.2, 0) is 20.0 Å². The van der Waals surface area contributed by atoms with Crippen molar-refractivity contribution >= 4 is 27.6 Å². The summed E-state index contributed by atoms with van der Waals surface area (Å²) >= 11 is 0. The van der Waals surface area contributed by atoms with Gasteiger partial charge in [0.15, 0.2) is 0 Å². The summed E-state index contributed by atoms with van der Waals surface area (Å²) in [6.07, 6.45) is 4.34. The third kappa shape index (κ3) is 3.67. The van der Waals surface area contributed by atoms with Gasteiger partial charge in [-0.1, -0.05) is 6.92 Å².